The number of carbonyl (C=O) groups excluding carboxylic acids is 1. The molecule has 0 aliphatic carbocycles. The van der Waals surface area contributed by atoms with Crippen molar-refractivity contribution in [3.8, 4) is 5.75 Å². The minimum absolute atomic E-state index is 0.000819. The molecule has 1 heterocycles. The van der Waals surface area contributed by atoms with E-state index in [1.54, 1.807) is 0 Å². The predicted octanol–water partition coefficient (Wildman–Crippen LogP) is 6.06. The van der Waals surface area contributed by atoms with Gasteiger partial charge in [-0.2, -0.15) is 0 Å². The van der Waals surface area contributed by atoms with Crippen molar-refractivity contribution in [2.24, 2.45) is 0 Å². The molecule has 1 atom stereocenters. The molecule has 1 amide bonds. The maximum atomic E-state index is 12.9. The Morgan fingerprint density at radius 3 is 2.58 bits per heavy atom. The third-order valence-corrected chi connectivity index (χ3v) is 5.60. The van der Waals surface area contributed by atoms with Gasteiger partial charge in [0.1, 0.15) is 5.75 Å². The van der Waals surface area contributed by atoms with Gasteiger partial charge in [0.25, 0.3) is 0 Å². The molecule has 1 aromatic heterocycles. The van der Waals surface area contributed by atoms with Gasteiger partial charge in [0, 0.05) is 41.0 Å². The lowest BCUT2D eigenvalue weighted by Gasteiger charge is -2.18. The zero-order chi connectivity index (χ0) is 21.6. The van der Waals surface area contributed by atoms with Crippen LogP contribution in [0.1, 0.15) is 36.0 Å². The zero-order valence-electron chi connectivity index (χ0n) is 17.4. The molecule has 158 valence electrons. The number of H-pyrrole nitrogens is 1. The lowest BCUT2D eigenvalue weighted by Crippen LogP contribution is -2.25. The molecular weight excluding hydrogens is 408 g/mol. The second-order valence-electron chi connectivity index (χ2n) is 7.46. The highest BCUT2D eigenvalue weighted by molar-refractivity contribution is 6.31. The van der Waals surface area contributed by atoms with Crippen molar-refractivity contribution >= 4 is 28.4 Å². The Balaban J connectivity index is 1.62. The fraction of sp³-hybridized carbons (Fsp3) is 0.192. The molecule has 4 aromatic rings. The minimum atomic E-state index is -0.112. The summed E-state index contributed by atoms with van der Waals surface area (Å²) in [5, 5.41) is 4.76. The Labute approximate surface area is 187 Å². The lowest BCUT2D eigenvalue weighted by molar-refractivity contribution is -0.121. The van der Waals surface area contributed by atoms with Crippen molar-refractivity contribution < 1.29 is 9.53 Å². The van der Waals surface area contributed by atoms with Crippen molar-refractivity contribution in [2.75, 3.05) is 6.61 Å². The molecule has 0 spiro atoms. The van der Waals surface area contributed by atoms with E-state index in [1.165, 1.54) is 0 Å². The largest absolute Gasteiger partial charge is 0.494 e. The van der Waals surface area contributed by atoms with E-state index in [4.69, 9.17) is 16.3 Å². The molecule has 0 saturated heterocycles. The number of rotatable bonds is 8. The molecule has 0 aliphatic rings. The summed E-state index contributed by atoms with van der Waals surface area (Å²) < 4.78 is 5.58. The third kappa shape index (κ3) is 5.09. The van der Waals surface area contributed by atoms with Crippen LogP contribution < -0.4 is 10.1 Å². The van der Waals surface area contributed by atoms with Gasteiger partial charge in [-0.1, -0.05) is 54.1 Å². The van der Waals surface area contributed by atoms with Gasteiger partial charge in [-0.15, -0.1) is 0 Å². The number of benzene rings is 3. The van der Waals surface area contributed by atoms with Crippen molar-refractivity contribution in [1.29, 1.82) is 0 Å². The molecule has 0 saturated carbocycles. The molecule has 3 aromatic carbocycles. The van der Waals surface area contributed by atoms with Gasteiger partial charge in [-0.3, -0.25) is 4.79 Å². The number of hydrogen-bond donors (Lipinski definition) is 2. The Morgan fingerprint density at radius 1 is 1.06 bits per heavy atom. The van der Waals surface area contributed by atoms with Gasteiger partial charge in [0.2, 0.25) is 5.91 Å². The van der Waals surface area contributed by atoms with E-state index in [0.29, 0.717) is 24.6 Å². The van der Waals surface area contributed by atoms with Crippen LogP contribution in [0.3, 0.4) is 0 Å². The summed E-state index contributed by atoms with van der Waals surface area (Å²) in [7, 11) is 0. The van der Waals surface area contributed by atoms with Gasteiger partial charge in [-0.25, -0.2) is 0 Å². The van der Waals surface area contributed by atoms with E-state index in [9.17, 15) is 4.79 Å². The van der Waals surface area contributed by atoms with Crippen LogP contribution >= 0.6 is 11.6 Å². The van der Waals surface area contributed by atoms with Crippen LogP contribution in [0.5, 0.6) is 5.75 Å². The second-order valence-corrected chi connectivity index (χ2v) is 7.89. The third-order valence-electron chi connectivity index (χ3n) is 5.37. The minimum Gasteiger partial charge on any atom is -0.494 e. The first-order valence-corrected chi connectivity index (χ1v) is 10.8. The lowest BCUT2D eigenvalue weighted by atomic mass is 9.88. The quantitative estimate of drug-likeness (QED) is 0.355. The van der Waals surface area contributed by atoms with Crippen LogP contribution in [-0.4, -0.2) is 17.5 Å². The summed E-state index contributed by atoms with van der Waals surface area (Å²) in [6, 6.07) is 23.7. The van der Waals surface area contributed by atoms with E-state index in [1.807, 2.05) is 85.9 Å². The number of halogens is 1. The number of aromatic nitrogens is 1. The highest BCUT2D eigenvalue weighted by Crippen LogP contribution is 2.35. The first-order chi connectivity index (χ1) is 15.1. The average Bonchev–Trinajstić information content (AvgIpc) is 3.20. The van der Waals surface area contributed by atoms with E-state index >= 15 is 0 Å². The topological polar surface area (TPSA) is 54.1 Å². The predicted molar refractivity (Wildman–Crippen MR) is 126 cm³/mol. The molecular formula is C26H25ClN2O2. The number of hydrogen-bond acceptors (Lipinski definition) is 2. The molecule has 0 aliphatic heterocycles. The van der Waals surface area contributed by atoms with Gasteiger partial charge < -0.3 is 15.0 Å². The SMILES string of the molecule is CCOc1ccc([C@@H](CC(=O)NCc2ccccc2)c2c[nH]c3ccc(Cl)cc23)cc1. The Kier molecular flexibility index (Phi) is 6.58. The molecule has 0 radical (unpaired) electrons. The van der Waals surface area contributed by atoms with Crippen molar-refractivity contribution in [3.05, 3.63) is 101 Å². The Bertz CT molecular complexity index is 1150. The van der Waals surface area contributed by atoms with E-state index in [2.05, 4.69) is 10.3 Å². The van der Waals surface area contributed by atoms with Crippen molar-refractivity contribution in [3.63, 3.8) is 0 Å². The molecule has 0 unspecified atom stereocenters. The summed E-state index contributed by atoms with van der Waals surface area (Å²) in [4.78, 5) is 16.2. The average molecular weight is 433 g/mol. The van der Waals surface area contributed by atoms with Gasteiger partial charge in [-0.05, 0) is 53.9 Å². The summed E-state index contributed by atoms with van der Waals surface area (Å²) in [6.07, 6.45) is 2.31. The number of aromatic amines is 1. The number of ether oxygens (including phenoxy) is 1. The number of amides is 1. The van der Waals surface area contributed by atoms with Crippen LogP contribution in [0.2, 0.25) is 5.02 Å². The highest BCUT2D eigenvalue weighted by Gasteiger charge is 2.22. The van der Waals surface area contributed by atoms with Crippen LogP contribution in [0.15, 0.2) is 79.0 Å². The smallest absolute Gasteiger partial charge is 0.221 e. The molecule has 2 N–H and O–H groups in total. The zero-order valence-corrected chi connectivity index (χ0v) is 18.2. The summed E-state index contributed by atoms with van der Waals surface area (Å²) in [5.74, 6) is 0.707. The fourth-order valence-electron chi connectivity index (χ4n) is 3.83. The maximum Gasteiger partial charge on any atom is 0.221 e. The summed E-state index contributed by atoms with van der Waals surface area (Å²) in [6.45, 7) is 3.09. The van der Waals surface area contributed by atoms with E-state index in [-0.39, 0.29) is 11.8 Å². The molecule has 0 bridgehead atoms. The van der Waals surface area contributed by atoms with Crippen LogP contribution in [0.25, 0.3) is 10.9 Å². The Hall–Kier alpha value is -3.24. The molecule has 31 heavy (non-hydrogen) atoms. The summed E-state index contributed by atoms with van der Waals surface area (Å²) >= 11 is 6.27. The van der Waals surface area contributed by atoms with Gasteiger partial charge in [0.15, 0.2) is 0 Å². The number of fused-ring (bicyclic) bond motifs is 1. The molecule has 5 heteroatoms. The molecule has 4 nitrogen and oxygen atoms in total. The summed E-state index contributed by atoms with van der Waals surface area (Å²) in [5.41, 5.74) is 4.18. The van der Waals surface area contributed by atoms with Crippen molar-refractivity contribution in [1.82, 2.24) is 10.3 Å². The van der Waals surface area contributed by atoms with Gasteiger partial charge >= 0.3 is 0 Å². The van der Waals surface area contributed by atoms with Gasteiger partial charge in [0.05, 0.1) is 6.61 Å². The molecule has 0 fully saturated rings. The monoisotopic (exact) mass is 432 g/mol. The normalized spacial score (nSPS) is 11.9. The highest BCUT2D eigenvalue weighted by atomic mass is 35.5. The first kappa shape index (κ1) is 21.0. The first-order valence-electron chi connectivity index (χ1n) is 10.4. The van der Waals surface area contributed by atoms with Crippen LogP contribution in [0, 0.1) is 0 Å². The van der Waals surface area contributed by atoms with E-state index in [0.717, 1.165) is 33.3 Å². The number of nitrogens with one attached hydrogen (secondary N) is 2. The Morgan fingerprint density at radius 2 is 1.84 bits per heavy atom. The van der Waals surface area contributed by atoms with Crippen LogP contribution in [0.4, 0.5) is 0 Å². The standard InChI is InChI=1S/C26H25ClN2O2/c1-2-31-21-11-8-19(9-12-21)22(15-26(30)29-16-18-6-4-3-5-7-18)24-17-28-25-13-10-20(27)14-23(24)25/h3-14,17,22,28H,2,15-16H2,1H3,(H,29,30)/t22-/m1/s1. The van der Waals surface area contributed by atoms with Crippen LogP contribution in [-0.2, 0) is 11.3 Å². The maximum absolute atomic E-state index is 12.9. The number of carbonyl (C=O) groups is 1. The fourth-order valence-corrected chi connectivity index (χ4v) is 4.00. The van der Waals surface area contributed by atoms with Crippen molar-refractivity contribution in [2.45, 2.75) is 25.8 Å². The van der Waals surface area contributed by atoms with E-state index < -0.39 is 0 Å². The second kappa shape index (κ2) is 9.71. The molecule has 4 rings (SSSR count).